The van der Waals surface area contributed by atoms with E-state index in [0.717, 1.165) is 0 Å². The Morgan fingerprint density at radius 3 is 2.53 bits per heavy atom. The molecule has 3 rings (SSSR count). The first kappa shape index (κ1) is 22.1. The van der Waals surface area contributed by atoms with Gasteiger partial charge in [-0.05, 0) is 13.0 Å². The van der Waals surface area contributed by atoms with Crippen LogP contribution in [-0.2, 0) is 9.53 Å². The number of nitrogens with one attached hydrogen (secondary N) is 2. The van der Waals surface area contributed by atoms with E-state index in [2.05, 4.69) is 20.6 Å². The van der Waals surface area contributed by atoms with Gasteiger partial charge in [-0.2, -0.15) is 0 Å². The van der Waals surface area contributed by atoms with E-state index in [4.69, 9.17) is 10.5 Å². The molecule has 12 nitrogen and oxygen atoms in total. The van der Waals surface area contributed by atoms with Crippen LogP contribution >= 0.6 is 0 Å². The SMILES string of the molecule is CNC(C(=O)Nc1ncnc2c1c(C(N)=O)cn2[C@@H]1O[C@H](CO)C(O)[C@@H]1O)C(C)C. The molecule has 12 heteroatoms. The molecule has 5 atom stereocenters. The Morgan fingerprint density at radius 2 is 2.00 bits per heavy atom. The highest BCUT2D eigenvalue weighted by atomic mass is 16.6. The van der Waals surface area contributed by atoms with Gasteiger partial charge in [0.25, 0.3) is 5.91 Å². The summed E-state index contributed by atoms with van der Waals surface area (Å²) in [5, 5.41) is 35.5. The number of anilines is 1. The molecule has 7 N–H and O–H groups in total. The fraction of sp³-hybridized carbons (Fsp3) is 0.556. The minimum atomic E-state index is -1.39. The molecule has 0 aliphatic carbocycles. The highest BCUT2D eigenvalue weighted by Crippen LogP contribution is 2.35. The Kier molecular flexibility index (Phi) is 6.33. The molecule has 30 heavy (non-hydrogen) atoms. The number of aliphatic hydroxyl groups excluding tert-OH is 3. The summed E-state index contributed by atoms with van der Waals surface area (Å²) in [6.07, 6.45) is -2.37. The molecule has 3 heterocycles. The number of carbonyl (C=O) groups is 2. The maximum absolute atomic E-state index is 12.7. The van der Waals surface area contributed by atoms with Crippen LogP contribution in [0.4, 0.5) is 5.82 Å². The van der Waals surface area contributed by atoms with E-state index >= 15 is 0 Å². The molecular weight excluding hydrogens is 396 g/mol. The number of nitrogens with zero attached hydrogens (tertiary/aromatic N) is 3. The summed E-state index contributed by atoms with van der Waals surface area (Å²) < 4.78 is 6.86. The van der Waals surface area contributed by atoms with Crippen LogP contribution in [0, 0.1) is 5.92 Å². The van der Waals surface area contributed by atoms with Crippen LogP contribution in [0.25, 0.3) is 11.0 Å². The smallest absolute Gasteiger partial charge is 0.251 e. The molecule has 2 amide bonds. The molecule has 1 fully saturated rings. The quantitative estimate of drug-likeness (QED) is 0.303. The molecule has 0 spiro atoms. The Balaban J connectivity index is 2.08. The molecule has 2 aromatic rings. The number of carbonyl (C=O) groups excluding carboxylic acids is 2. The minimum Gasteiger partial charge on any atom is -0.394 e. The number of likely N-dealkylation sites (N-methyl/N-ethyl adjacent to an activating group) is 1. The van der Waals surface area contributed by atoms with Gasteiger partial charge >= 0.3 is 0 Å². The van der Waals surface area contributed by atoms with Gasteiger partial charge in [0.1, 0.15) is 36.1 Å². The lowest BCUT2D eigenvalue weighted by molar-refractivity contribution is -0.119. The molecule has 164 valence electrons. The highest BCUT2D eigenvalue weighted by Gasteiger charge is 2.44. The molecular formula is C18H26N6O6. The average Bonchev–Trinajstić information content (AvgIpc) is 3.21. The van der Waals surface area contributed by atoms with E-state index in [1.54, 1.807) is 7.05 Å². The summed E-state index contributed by atoms with van der Waals surface area (Å²) in [6.45, 7) is 3.25. The Bertz CT molecular complexity index is 947. The van der Waals surface area contributed by atoms with Crippen molar-refractivity contribution in [2.45, 2.75) is 44.4 Å². The molecule has 0 bridgehead atoms. The van der Waals surface area contributed by atoms with Crippen LogP contribution in [0.3, 0.4) is 0 Å². The first-order valence-electron chi connectivity index (χ1n) is 9.47. The monoisotopic (exact) mass is 422 g/mol. The van der Waals surface area contributed by atoms with Crippen LogP contribution in [0.5, 0.6) is 0 Å². The fourth-order valence-electron chi connectivity index (χ4n) is 3.63. The lowest BCUT2D eigenvalue weighted by atomic mass is 10.0. The fourth-order valence-corrected chi connectivity index (χ4v) is 3.63. The van der Waals surface area contributed by atoms with Gasteiger partial charge in [0.15, 0.2) is 6.23 Å². The van der Waals surface area contributed by atoms with Crippen molar-refractivity contribution in [1.82, 2.24) is 19.9 Å². The number of ether oxygens (including phenoxy) is 1. The van der Waals surface area contributed by atoms with Gasteiger partial charge < -0.3 is 41.0 Å². The van der Waals surface area contributed by atoms with Gasteiger partial charge in [-0.25, -0.2) is 9.97 Å². The van der Waals surface area contributed by atoms with Gasteiger partial charge in [0, 0.05) is 6.20 Å². The highest BCUT2D eigenvalue weighted by molar-refractivity contribution is 6.11. The van der Waals surface area contributed by atoms with Crippen LogP contribution in [0.15, 0.2) is 12.5 Å². The van der Waals surface area contributed by atoms with Crippen molar-refractivity contribution >= 4 is 28.7 Å². The molecule has 0 radical (unpaired) electrons. The standard InChI is InChI=1S/C18H26N6O6/c1-7(2)11(20-3)17(29)23-15-10-8(14(19)28)4-24(16(10)22-6-21-15)18-13(27)12(26)9(5-25)30-18/h4,6-7,9,11-13,18,20,25-27H,5H2,1-3H3,(H2,19,28)(H,21,22,23,29)/t9-,11?,12?,13+,18-/m1/s1. The van der Waals surface area contributed by atoms with Gasteiger partial charge in [0.2, 0.25) is 5.91 Å². The number of fused-ring (bicyclic) bond motifs is 1. The first-order chi connectivity index (χ1) is 14.2. The first-order valence-corrected chi connectivity index (χ1v) is 9.47. The molecule has 1 aliphatic heterocycles. The minimum absolute atomic E-state index is 0.00388. The summed E-state index contributed by atoms with van der Waals surface area (Å²) in [5.41, 5.74) is 5.68. The van der Waals surface area contributed by atoms with Crippen molar-refractivity contribution in [3.8, 4) is 0 Å². The zero-order chi connectivity index (χ0) is 22.2. The van der Waals surface area contributed by atoms with Crippen molar-refractivity contribution in [3.63, 3.8) is 0 Å². The predicted molar refractivity (Wildman–Crippen MR) is 105 cm³/mol. The number of rotatable bonds is 7. The van der Waals surface area contributed by atoms with E-state index in [-0.39, 0.29) is 34.2 Å². The van der Waals surface area contributed by atoms with Crippen LogP contribution in [0.2, 0.25) is 0 Å². The lowest BCUT2D eigenvalue weighted by Gasteiger charge is -2.19. The van der Waals surface area contributed by atoms with Crippen molar-refractivity contribution in [2.24, 2.45) is 11.7 Å². The predicted octanol–water partition coefficient (Wildman–Crippen LogP) is -1.68. The van der Waals surface area contributed by atoms with Crippen LogP contribution in [0.1, 0.15) is 30.4 Å². The number of nitrogens with two attached hydrogens (primary N) is 1. The van der Waals surface area contributed by atoms with Gasteiger partial charge in [-0.3, -0.25) is 9.59 Å². The van der Waals surface area contributed by atoms with Gasteiger partial charge in [-0.15, -0.1) is 0 Å². The summed E-state index contributed by atoms with van der Waals surface area (Å²) in [5.74, 6) is -1.09. The largest absolute Gasteiger partial charge is 0.394 e. The second-order valence-electron chi connectivity index (χ2n) is 7.46. The van der Waals surface area contributed by atoms with Crippen molar-refractivity contribution < 1.29 is 29.6 Å². The summed E-state index contributed by atoms with van der Waals surface area (Å²) in [4.78, 5) is 33.0. The molecule has 1 aliphatic rings. The molecule has 0 saturated carbocycles. The molecule has 0 aromatic carbocycles. The zero-order valence-electron chi connectivity index (χ0n) is 16.8. The number of hydrogen-bond donors (Lipinski definition) is 6. The van der Waals surface area contributed by atoms with Gasteiger partial charge in [-0.1, -0.05) is 13.8 Å². The zero-order valence-corrected chi connectivity index (χ0v) is 16.8. The second kappa shape index (κ2) is 8.62. The number of hydrogen-bond acceptors (Lipinski definition) is 9. The van der Waals surface area contributed by atoms with E-state index in [0.29, 0.717) is 0 Å². The van der Waals surface area contributed by atoms with E-state index < -0.39 is 43.1 Å². The average molecular weight is 422 g/mol. The number of aromatic nitrogens is 3. The molecule has 2 aromatic heterocycles. The number of primary amides is 1. The third kappa shape index (κ3) is 3.75. The summed E-state index contributed by atoms with van der Waals surface area (Å²) in [6, 6.07) is -0.505. The topological polar surface area (TPSA) is 185 Å². The maximum atomic E-state index is 12.7. The van der Waals surface area contributed by atoms with E-state index in [1.807, 2.05) is 13.8 Å². The Morgan fingerprint density at radius 1 is 1.30 bits per heavy atom. The number of aliphatic hydroxyl groups is 3. The van der Waals surface area contributed by atoms with Gasteiger partial charge in [0.05, 0.1) is 23.6 Å². The van der Waals surface area contributed by atoms with Crippen molar-refractivity contribution in [2.75, 3.05) is 19.0 Å². The maximum Gasteiger partial charge on any atom is 0.251 e. The van der Waals surface area contributed by atoms with Crippen molar-refractivity contribution in [1.29, 1.82) is 0 Å². The lowest BCUT2D eigenvalue weighted by Crippen LogP contribution is -2.42. The summed E-state index contributed by atoms with van der Waals surface area (Å²) in [7, 11) is 1.66. The van der Waals surface area contributed by atoms with E-state index in [9.17, 15) is 24.9 Å². The summed E-state index contributed by atoms with van der Waals surface area (Å²) >= 11 is 0. The third-order valence-corrected chi connectivity index (χ3v) is 5.17. The normalized spacial score (nSPS) is 25.0. The number of amides is 2. The molecule has 1 saturated heterocycles. The van der Waals surface area contributed by atoms with Crippen LogP contribution in [-0.4, -0.2) is 79.7 Å². The Hall–Kier alpha value is -2.64. The second-order valence-corrected chi connectivity index (χ2v) is 7.46. The Labute approximate surface area is 172 Å². The third-order valence-electron chi connectivity index (χ3n) is 5.17. The van der Waals surface area contributed by atoms with Crippen molar-refractivity contribution in [3.05, 3.63) is 18.1 Å². The van der Waals surface area contributed by atoms with Crippen LogP contribution < -0.4 is 16.4 Å². The van der Waals surface area contributed by atoms with E-state index in [1.165, 1.54) is 17.1 Å². The molecule has 2 unspecified atom stereocenters.